The van der Waals surface area contributed by atoms with Crippen LogP contribution in [0.5, 0.6) is 11.5 Å². The Labute approximate surface area is 132 Å². The molecule has 0 amide bonds. The normalized spacial score (nSPS) is 10.8. The van der Waals surface area contributed by atoms with Gasteiger partial charge in [-0.05, 0) is 67.4 Å². The molecule has 0 aliphatic carbocycles. The summed E-state index contributed by atoms with van der Waals surface area (Å²) in [5.41, 5.74) is 1.96. The summed E-state index contributed by atoms with van der Waals surface area (Å²) in [5, 5.41) is 0. The molecule has 0 aliphatic rings. The lowest BCUT2D eigenvalue weighted by atomic mass is 10.2. The summed E-state index contributed by atoms with van der Waals surface area (Å²) in [6.07, 6.45) is 4.07. The Bertz CT molecular complexity index is 573. The van der Waals surface area contributed by atoms with Gasteiger partial charge in [0, 0.05) is 6.21 Å². The zero-order valence-corrected chi connectivity index (χ0v) is 13.3. The van der Waals surface area contributed by atoms with Gasteiger partial charge in [0.25, 0.3) is 0 Å². The summed E-state index contributed by atoms with van der Waals surface area (Å²) in [7, 11) is 0. The predicted octanol–water partition coefficient (Wildman–Crippen LogP) is 5.01. The summed E-state index contributed by atoms with van der Waals surface area (Å²) in [6, 6.07) is 15.7. The van der Waals surface area contributed by atoms with Crippen LogP contribution in [0.1, 0.15) is 32.3 Å². The maximum absolute atomic E-state index is 5.63. The average molecular weight is 297 g/mol. The van der Waals surface area contributed by atoms with Crippen LogP contribution in [0.2, 0.25) is 0 Å². The van der Waals surface area contributed by atoms with Crippen molar-refractivity contribution in [1.29, 1.82) is 0 Å². The Morgan fingerprint density at radius 2 is 1.50 bits per heavy atom. The number of rotatable bonds is 8. The van der Waals surface area contributed by atoms with E-state index >= 15 is 0 Å². The number of aliphatic imine (C=N–C) groups is 1. The van der Waals surface area contributed by atoms with E-state index in [0.29, 0.717) is 6.61 Å². The first-order valence-electron chi connectivity index (χ1n) is 7.81. The topological polar surface area (TPSA) is 30.8 Å². The highest BCUT2D eigenvalue weighted by atomic mass is 16.5. The van der Waals surface area contributed by atoms with Crippen molar-refractivity contribution < 1.29 is 9.47 Å². The summed E-state index contributed by atoms with van der Waals surface area (Å²) in [4.78, 5) is 4.47. The van der Waals surface area contributed by atoms with E-state index in [-0.39, 0.29) is 0 Å². The molecular weight excluding hydrogens is 274 g/mol. The maximum Gasteiger partial charge on any atom is 0.119 e. The standard InChI is InChI=1S/C19H23NO2/c1-3-5-14-22-19-12-8-17(9-13-19)20-15-16-6-10-18(11-7-16)21-4-2/h6-13,15H,3-5,14H2,1-2H3/b20-15+. The Morgan fingerprint density at radius 1 is 0.864 bits per heavy atom. The third-order valence-electron chi connectivity index (χ3n) is 3.16. The quantitative estimate of drug-likeness (QED) is 0.506. The first kappa shape index (κ1) is 16.1. The molecule has 0 saturated heterocycles. The van der Waals surface area contributed by atoms with Gasteiger partial charge in [-0.15, -0.1) is 0 Å². The molecule has 22 heavy (non-hydrogen) atoms. The summed E-state index contributed by atoms with van der Waals surface area (Å²) >= 11 is 0. The van der Waals surface area contributed by atoms with Crippen LogP contribution in [0.4, 0.5) is 5.69 Å². The predicted molar refractivity (Wildman–Crippen MR) is 91.7 cm³/mol. The van der Waals surface area contributed by atoms with Crippen molar-refractivity contribution in [3.63, 3.8) is 0 Å². The van der Waals surface area contributed by atoms with Crippen LogP contribution in [-0.4, -0.2) is 19.4 Å². The minimum absolute atomic E-state index is 0.681. The molecule has 0 spiro atoms. The molecular formula is C19H23NO2. The zero-order valence-electron chi connectivity index (χ0n) is 13.3. The molecule has 0 aliphatic heterocycles. The van der Waals surface area contributed by atoms with Gasteiger partial charge in [-0.3, -0.25) is 4.99 Å². The second-order valence-corrected chi connectivity index (χ2v) is 4.96. The van der Waals surface area contributed by atoms with Crippen molar-refractivity contribution in [2.24, 2.45) is 4.99 Å². The van der Waals surface area contributed by atoms with Crippen molar-refractivity contribution in [3.8, 4) is 11.5 Å². The smallest absolute Gasteiger partial charge is 0.119 e. The molecule has 0 saturated carbocycles. The first-order chi connectivity index (χ1) is 10.8. The minimum atomic E-state index is 0.681. The molecule has 0 atom stereocenters. The zero-order chi connectivity index (χ0) is 15.6. The highest BCUT2D eigenvalue weighted by molar-refractivity contribution is 5.82. The van der Waals surface area contributed by atoms with E-state index in [2.05, 4.69) is 11.9 Å². The number of hydrogen-bond acceptors (Lipinski definition) is 3. The molecule has 0 aromatic heterocycles. The van der Waals surface area contributed by atoms with Gasteiger partial charge < -0.3 is 9.47 Å². The highest BCUT2D eigenvalue weighted by Gasteiger charge is 1.95. The summed E-state index contributed by atoms with van der Waals surface area (Å²) < 4.78 is 11.1. The largest absolute Gasteiger partial charge is 0.494 e. The van der Waals surface area contributed by atoms with Crippen LogP contribution in [0, 0.1) is 0 Å². The third kappa shape index (κ3) is 5.24. The number of hydrogen-bond donors (Lipinski definition) is 0. The van der Waals surface area contributed by atoms with Crippen LogP contribution < -0.4 is 9.47 Å². The molecule has 3 nitrogen and oxygen atoms in total. The minimum Gasteiger partial charge on any atom is -0.494 e. The van der Waals surface area contributed by atoms with Gasteiger partial charge in [-0.1, -0.05) is 13.3 Å². The van der Waals surface area contributed by atoms with E-state index in [1.165, 1.54) is 0 Å². The second-order valence-electron chi connectivity index (χ2n) is 4.96. The Kier molecular flexibility index (Phi) is 6.49. The van der Waals surface area contributed by atoms with E-state index in [9.17, 15) is 0 Å². The van der Waals surface area contributed by atoms with Gasteiger partial charge in [-0.2, -0.15) is 0 Å². The lowest BCUT2D eigenvalue weighted by Crippen LogP contribution is -1.95. The van der Waals surface area contributed by atoms with Gasteiger partial charge in [0.1, 0.15) is 11.5 Å². The van der Waals surface area contributed by atoms with Gasteiger partial charge in [0.15, 0.2) is 0 Å². The van der Waals surface area contributed by atoms with E-state index < -0.39 is 0 Å². The Morgan fingerprint density at radius 3 is 2.14 bits per heavy atom. The van der Waals surface area contributed by atoms with Crippen LogP contribution >= 0.6 is 0 Å². The summed E-state index contributed by atoms with van der Waals surface area (Å²) in [5.74, 6) is 1.78. The molecule has 0 bridgehead atoms. The highest BCUT2D eigenvalue weighted by Crippen LogP contribution is 2.19. The fourth-order valence-electron chi connectivity index (χ4n) is 1.93. The second kappa shape index (κ2) is 8.88. The number of nitrogens with zero attached hydrogens (tertiary/aromatic N) is 1. The van der Waals surface area contributed by atoms with E-state index in [1.807, 2.05) is 61.7 Å². The van der Waals surface area contributed by atoms with Crippen molar-refractivity contribution in [1.82, 2.24) is 0 Å². The molecule has 0 N–H and O–H groups in total. The molecule has 3 heteroatoms. The molecule has 0 unspecified atom stereocenters. The maximum atomic E-state index is 5.63. The van der Waals surface area contributed by atoms with Crippen molar-refractivity contribution in [3.05, 3.63) is 54.1 Å². The number of benzene rings is 2. The lowest BCUT2D eigenvalue weighted by molar-refractivity contribution is 0.309. The first-order valence-corrected chi connectivity index (χ1v) is 7.81. The van der Waals surface area contributed by atoms with Crippen LogP contribution in [0.3, 0.4) is 0 Å². The molecule has 0 heterocycles. The van der Waals surface area contributed by atoms with E-state index in [4.69, 9.17) is 9.47 Å². The molecule has 2 aromatic carbocycles. The SMILES string of the molecule is CCCCOc1ccc(/N=C/c2ccc(OCC)cc2)cc1. The monoisotopic (exact) mass is 297 g/mol. The van der Waals surface area contributed by atoms with Crippen molar-refractivity contribution in [2.45, 2.75) is 26.7 Å². The van der Waals surface area contributed by atoms with Crippen molar-refractivity contribution in [2.75, 3.05) is 13.2 Å². The molecule has 0 radical (unpaired) electrons. The van der Waals surface area contributed by atoms with Gasteiger partial charge >= 0.3 is 0 Å². The van der Waals surface area contributed by atoms with Crippen LogP contribution in [0.25, 0.3) is 0 Å². The third-order valence-corrected chi connectivity index (χ3v) is 3.16. The van der Waals surface area contributed by atoms with Gasteiger partial charge in [0.05, 0.1) is 18.9 Å². The number of unbranched alkanes of at least 4 members (excludes halogenated alkanes) is 1. The number of ether oxygens (including phenoxy) is 2. The molecule has 0 fully saturated rings. The van der Waals surface area contributed by atoms with Crippen LogP contribution in [-0.2, 0) is 0 Å². The average Bonchev–Trinajstić information content (AvgIpc) is 2.56. The Hall–Kier alpha value is -2.29. The van der Waals surface area contributed by atoms with Gasteiger partial charge in [0.2, 0.25) is 0 Å². The van der Waals surface area contributed by atoms with E-state index in [1.54, 1.807) is 0 Å². The molecule has 2 rings (SSSR count). The molecule has 2 aromatic rings. The van der Waals surface area contributed by atoms with Gasteiger partial charge in [-0.25, -0.2) is 0 Å². The van der Waals surface area contributed by atoms with Crippen LogP contribution in [0.15, 0.2) is 53.5 Å². The lowest BCUT2D eigenvalue weighted by Gasteiger charge is -2.05. The van der Waals surface area contributed by atoms with Crippen molar-refractivity contribution >= 4 is 11.9 Å². The fraction of sp³-hybridized carbons (Fsp3) is 0.316. The molecule has 116 valence electrons. The summed E-state index contributed by atoms with van der Waals surface area (Å²) in [6.45, 7) is 5.58. The Balaban J connectivity index is 1.92. The fourth-order valence-corrected chi connectivity index (χ4v) is 1.93. The van der Waals surface area contributed by atoms with E-state index in [0.717, 1.165) is 42.2 Å².